The minimum Gasteiger partial charge on any atom is -0.355 e. The fraction of sp³-hybridized carbons (Fsp3) is 0.556. The van der Waals surface area contributed by atoms with Crippen LogP contribution in [0.3, 0.4) is 0 Å². The van der Waals surface area contributed by atoms with Crippen LogP contribution < -0.4 is 10.6 Å². The molecule has 0 saturated carbocycles. The smallest absolute Gasteiger partial charge is 0.237 e. The number of carbonyl (C=O) groups excluding carboxylic acids is 2. The quantitative estimate of drug-likeness (QED) is 0.586. The van der Waals surface area contributed by atoms with E-state index in [1.807, 2.05) is 45.3 Å². The third-order valence-electron chi connectivity index (χ3n) is 4.31. The number of nitrogens with zero attached hydrogens (tertiary/aromatic N) is 1. The van der Waals surface area contributed by atoms with Gasteiger partial charge in [-0.2, -0.15) is 0 Å². The number of ketones is 1. The second-order valence-electron chi connectivity index (χ2n) is 6.52. The van der Waals surface area contributed by atoms with E-state index in [1.54, 1.807) is 0 Å². The highest BCUT2D eigenvalue weighted by Gasteiger charge is 2.34. The van der Waals surface area contributed by atoms with Gasteiger partial charge in [-0.3, -0.25) is 9.59 Å². The van der Waals surface area contributed by atoms with Crippen molar-refractivity contribution in [2.75, 3.05) is 33.7 Å². The zero-order chi connectivity index (χ0) is 16.8. The molecule has 0 bridgehead atoms. The Morgan fingerprint density at radius 2 is 2.04 bits per heavy atom. The number of aryl methyl sites for hydroxylation is 1. The molecule has 2 atom stereocenters. The normalized spacial score (nSPS) is 20.7. The standard InChI is InChI=1S/C18H27N3O2/c1-13-7-4-5-8-15(13)17(22)14-11-16(20-12-14)18(23)19-9-6-10-21(2)3/h4-5,7-8,14,16,20H,6,9-12H2,1-3H3,(H,19,23). The number of carbonyl (C=O) groups is 2. The Balaban J connectivity index is 1.82. The molecular weight excluding hydrogens is 290 g/mol. The van der Waals surface area contributed by atoms with Crippen LogP contribution in [0.25, 0.3) is 0 Å². The number of nitrogens with one attached hydrogen (secondary N) is 2. The van der Waals surface area contributed by atoms with Gasteiger partial charge in [0.2, 0.25) is 5.91 Å². The molecule has 1 heterocycles. The van der Waals surface area contributed by atoms with Crippen molar-refractivity contribution >= 4 is 11.7 Å². The Hall–Kier alpha value is -1.72. The van der Waals surface area contributed by atoms with Crippen molar-refractivity contribution in [3.05, 3.63) is 35.4 Å². The molecule has 1 saturated heterocycles. The second-order valence-corrected chi connectivity index (χ2v) is 6.52. The first-order chi connectivity index (χ1) is 11.0. The van der Waals surface area contributed by atoms with E-state index >= 15 is 0 Å². The average Bonchev–Trinajstić information content (AvgIpc) is 3.01. The van der Waals surface area contributed by atoms with Crippen LogP contribution in [-0.4, -0.2) is 56.4 Å². The predicted molar refractivity (Wildman–Crippen MR) is 91.6 cm³/mol. The second kappa shape index (κ2) is 8.22. The van der Waals surface area contributed by atoms with E-state index in [-0.39, 0.29) is 23.7 Å². The molecule has 0 radical (unpaired) electrons. The van der Waals surface area contributed by atoms with Gasteiger partial charge in [-0.1, -0.05) is 24.3 Å². The Morgan fingerprint density at radius 1 is 1.30 bits per heavy atom. The summed E-state index contributed by atoms with van der Waals surface area (Å²) in [6, 6.07) is 7.38. The van der Waals surface area contributed by atoms with Gasteiger partial charge < -0.3 is 15.5 Å². The molecule has 1 amide bonds. The number of amides is 1. The molecule has 1 aliphatic rings. The summed E-state index contributed by atoms with van der Waals surface area (Å²) >= 11 is 0. The van der Waals surface area contributed by atoms with E-state index in [9.17, 15) is 9.59 Å². The average molecular weight is 317 g/mol. The van der Waals surface area contributed by atoms with Crippen molar-refractivity contribution in [3.63, 3.8) is 0 Å². The number of hydrogen-bond acceptors (Lipinski definition) is 4. The molecule has 2 rings (SSSR count). The van der Waals surface area contributed by atoms with Crippen LogP contribution in [0, 0.1) is 12.8 Å². The highest BCUT2D eigenvalue weighted by molar-refractivity contribution is 6.00. The molecular formula is C18H27N3O2. The van der Waals surface area contributed by atoms with Crippen molar-refractivity contribution in [1.29, 1.82) is 0 Å². The predicted octanol–water partition coefficient (Wildman–Crippen LogP) is 1.22. The van der Waals surface area contributed by atoms with Gasteiger partial charge in [-0.25, -0.2) is 0 Å². The lowest BCUT2D eigenvalue weighted by atomic mass is 9.92. The molecule has 2 N–H and O–H groups in total. The van der Waals surface area contributed by atoms with Crippen LogP contribution in [-0.2, 0) is 4.79 Å². The molecule has 1 fully saturated rings. The summed E-state index contributed by atoms with van der Waals surface area (Å²) < 4.78 is 0. The van der Waals surface area contributed by atoms with Crippen LogP contribution in [0.4, 0.5) is 0 Å². The maximum atomic E-state index is 12.6. The van der Waals surface area contributed by atoms with Crippen LogP contribution in [0.2, 0.25) is 0 Å². The summed E-state index contributed by atoms with van der Waals surface area (Å²) in [7, 11) is 4.03. The van der Waals surface area contributed by atoms with Gasteiger partial charge in [0, 0.05) is 24.6 Å². The lowest BCUT2D eigenvalue weighted by molar-refractivity contribution is -0.122. The van der Waals surface area contributed by atoms with E-state index in [0.717, 1.165) is 24.1 Å². The maximum absolute atomic E-state index is 12.6. The molecule has 1 aliphatic heterocycles. The zero-order valence-electron chi connectivity index (χ0n) is 14.3. The minimum absolute atomic E-state index is 0.00356. The molecule has 1 aromatic carbocycles. The van der Waals surface area contributed by atoms with E-state index in [4.69, 9.17) is 0 Å². The van der Waals surface area contributed by atoms with Crippen LogP contribution in [0.15, 0.2) is 24.3 Å². The lowest BCUT2D eigenvalue weighted by Gasteiger charge is -2.13. The molecule has 5 nitrogen and oxygen atoms in total. The fourth-order valence-corrected chi connectivity index (χ4v) is 2.93. The summed E-state index contributed by atoms with van der Waals surface area (Å²) in [5, 5.41) is 6.13. The summed E-state index contributed by atoms with van der Waals surface area (Å²) in [4.78, 5) is 26.9. The van der Waals surface area contributed by atoms with Crippen molar-refractivity contribution in [2.45, 2.75) is 25.8 Å². The first kappa shape index (κ1) is 17.6. The third kappa shape index (κ3) is 4.88. The Morgan fingerprint density at radius 3 is 2.74 bits per heavy atom. The molecule has 23 heavy (non-hydrogen) atoms. The van der Waals surface area contributed by atoms with Crippen molar-refractivity contribution in [3.8, 4) is 0 Å². The van der Waals surface area contributed by atoms with Gasteiger partial charge >= 0.3 is 0 Å². The number of benzene rings is 1. The lowest BCUT2D eigenvalue weighted by Crippen LogP contribution is -2.41. The number of hydrogen-bond donors (Lipinski definition) is 2. The Labute approximate surface area is 138 Å². The van der Waals surface area contributed by atoms with E-state index in [2.05, 4.69) is 15.5 Å². The molecule has 126 valence electrons. The summed E-state index contributed by atoms with van der Waals surface area (Å²) in [5.74, 6) is 0.0240. The van der Waals surface area contributed by atoms with Crippen LogP contribution in [0.1, 0.15) is 28.8 Å². The van der Waals surface area contributed by atoms with Crippen molar-refractivity contribution in [1.82, 2.24) is 15.5 Å². The molecule has 0 aromatic heterocycles. The monoisotopic (exact) mass is 317 g/mol. The highest BCUT2D eigenvalue weighted by Crippen LogP contribution is 2.21. The van der Waals surface area contributed by atoms with Gasteiger partial charge in [0.1, 0.15) is 0 Å². The first-order valence-electron chi connectivity index (χ1n) is 8.24. The van der Waals surface area contributed by atoms with Gasteiger partial charge in [0.15, 0.2) is 5.78 Å². The molecule has 1 aromatic rings. The molecule has 0 spiro atoms. The van der Waals surface area contributed by atoms with E-state index in [1.165, 1.54) is 0 Å². The number of Topliss-reactive ketones (excluding diaryl/α,β-unsaturated/α-hetero) is 1. The van der Waals surface area contributed by atoms with Gasteiger partial charge in [-0.05, 0) is 46.0 Å². The largest absolute Gasteiger partial charge is 0.355 e. The third-order valence-corrected chi connectivity index (χ3v) is 4.31. The minimum atomic E-state index is -0.257. The zero-order valence-corrected chi connectivity index (χ0v) is 14.3. The molecule has 0 aliphatic carbocycles. The van der Waals surface area contributed by atoms with E-state index < -0.39 is 0 Å². The Kier molecular flexibility index (Phi) is 6.30. The van der Waals surface area contributed by atoms with Gasteiger partial charge in [0.05, 0.1) is 6.04 Å². The summed E-state index contributed by atoms with van der Waals surface area (Å²) in [6.07, 6.45) is 1.50. The van der Waals surface area contributed by atoms with Crippen LogP contribution >= 0.6 is 0 Å². The van der Waals surface area contributed by atoms with Crippen molar-refractivity contribution in [2.24, 2.45) is 5.92 Å². The van der Waals surface area contributed by atoms with Crippen molar-refractivity contribution < 1.29 is 9.59 Å². The van der Waals surface area contributed by atoms with E-state index in [0.29, 0.717) is 19.5 Å². The number of rotatable bonds is 7. The highest BCUT2D eigenvalue weighted by atomic mass is 16.2. The summed E-state index contributed by atoms with van der Waals surface area (Å²) in [6.45, 7) is 4.14. The van der Waals surface area contributed by atoms with Crippen LogP contribution in [0.5, 0.6) is 0 Å². The molecule has 5 heteroatoms. The SMILES string of the molecule is Cc1ccccc1C(=O)C1CNC(C(=O)NCCCN(C)C)C1. The Bertz CT molecular complexity index is 557. The topological polar surface area (TPSA) is 61.4 Å². The first-order valence-corrected chi connectivity index (χ1v) is 8.24. The summed E-state index contributed by atoms with van der Waals surface area (Å²) in [5.41, 5.74) is 1.76. The maximum Gasteiger partial charge on any atom is 0.237 e. The van der Waals surface area contributed by atoms with Gasteiger partial charge in [-0.15, -0.1) is 0 Å². The molecule has 2 unspecified atom stereocenters. The van der Waals surface area contributed by atoms with Gasteiger partial charge in [0.25, 0.3) is 0 Å². The fourth-order valence-electron chi connectivity index (χ4n) is 2.93.